The zero-order valence-electron chi connectivity index (χ0n) is 16.7. The van der Waals surface area contributed by atoms with Gasteiger partial charge in [-0.25, -0.2) is 9.37 Å². The molecular formula is C22H21FN4O3S. The molecule has 7 nitrogen and oxygen atoms in total. The Bertz CT molecular complexity index is 1190. The van der Waals surface area contributed by atoms with Crippen molar-refractivity contribution in [3.8, 4) is 0 Å². The first-order valence-electron chi connectivity index (χ1n) is 9.92. The van der Waals surface area contributed by atoms with Crippen LogP contribution in [-0.2, 0) is 9.59 Å². The first-order chi connectivity index (χ1) is 14.9. The topological polar surface area (TPSA) is 98.3 Å². The Hall–Kier alpha value is -3.20. The van der Waals surface area contributed by atoms with Crippen molar-refractivity contribution < 1.29 is 14.0 Å². The third-order valence-electron chi connectivity index (χ3n) is 5.03. The fraction of sp³-hybridized carbons (Fsp3) is 0.273. The Morgan fingerprint density at radius 1 is 1.16 bits per heavy atom. The van der Waals surface area contributed by atoms with E-state index in [0.717, 1.165) is 12.8 Å². The fourth-order valence-corrected chi connectivity index (χ4v) is 4.27. The third kappa shape index (κ3) is 4.77. The van der Waals surface area contributed by atoms with Crippen molar-refractivity contribution in [2.24, 2.45) is 5.73 Å². The molecule has 1 heterocycles. The van der Waals surface area contributed by atoms with Crippen molar-refractivity contribution in [3.05, 3.63) is 64.7 Å². The van der Waals surface area contributed by atoms with Gasteiger partial charge >= 0.3 is 0 Å². The predicted octanol–water partition coefficient (Wildman–Crippen LogP) is 2.87. The van der Waals surface area contributed by atoms with Crippen molar-refractivity contribution in [2.45, 2.75) is 30.5 Å². The van der Waals surface area contributed by atoms with Crippen molar-refractivity contribution in [3.63, 3.8) is 0 Å². The Kier molecular flexibility index (Phi) is 6.03. The molecule has 0 unspecified atom stereocenters. The Morgan fingerprint density at radius 3 is 2.55 bits per heavy atom. The SMILES string of the molecule is NC(=O)CCN(C(=O)CSc1nc2ccccc2c(=O)n1C1CC1)c1ccc(F)cc1. The van der Waals surface area contributed by atoms with Crippen LogP contribution in [0.25, 0.3) is 10.9 Å². The van der Waals surface area contributed by atoms with Gasteiger partial charge in [0.1, 0.15) is 5.82 Å². The molecule has 31 heavy (non-hydrogen) atoms. The lowest BCUT2D eigenvalue weighted by molar-refractivity contribution is -0.118. The standard InChI is InChI=1S/C22H21FN4O3S/c23-14-5-7-15(8-6-14)26(12-11-19(24)28)20(29)13-31-22-25-18-4-2-1-3-17(18)21(30)27(22)16-9-10-16/h1-8,16H,9-13H2,(H2,24,28). The van der Waals surface area contributed by atoms with Crippen LogP contribution in [0, 0.1) is 5.82 Å². The van der Waals surface area contributed by atoms with E-state index in [2.05, 4.69) is 4.98 Å². The highest BCUT2D eigenvalue weighted by molar-refractivity contribution is 7.99. The van der Waals surface area contributed by atoms with Gasteiger partial charge in [-0.1, -0.05) is 23.9 Å². The lowest BCUT2D eigenvalue weighted by Crippen LogP contribution is -2.35. The van der Waals surface area contributed by atoms with Gasteiger partial charge in [0.05, 0.1) is 16.7 Å². The van der Waals surface area contributed by atoms with Crippen LogP contribution in [0.15, 0.2) is 58.5 Å². The van der Waals surface area contributed by atoms with Gasteiger partial charge in [0.2, 0.25) is 11.8 Å². The molecule has 160 valence electrons. The van der Waals surface area contributed by atoms with Crippen LogP contribution >= 0.6 is 11.8 Å². The molecule has 1 aromatic heterocycles. The highest BCUT2D eigenvalue weighted by Crippen LogP contribution is 2.37. The molecule has 0 atom stereocenters. The minimum Gasteiger partial charge on any atom is -0.370 e. The zero-order chi connectivity index (χ0) is 22.0. The molecule has 0 aliphatic heterocycles. The average molecular weight is 441 g/mol. The van der Waals surface area contributed by atoms with E-state index >= 15 is 0 Å². The highest BCUT2D eigenvalue weighted by atomic mass is 32.2. The number of carbonyl (C=O) groups is 2. The summed E-state index contributed by atoms with van der Waals surface area (Å²) in [5.41, 5.74) is 6.20. The zero-order valence-corrected chi connectivity index (χ0v) is 17.5. The van der Waals surface area contributed by atoms with Gasteiger partial charge in [0.15, 0.2) is 5.16 Å². The van der Waals surface area contributed by atoms with Crippen molar-refractivity contribution in [2.75, 3.05) is 17.2 Å². The maximum atomic E-state index is 13.3. The van der Waals surface area contributed by atoms with Crippen molar-refractivity contribution in [1.29, 1.82) is 0 Å². The number of halogens is 1. The van der Waals surface area contributed by atoms with Crippen LogP contribution in [0.4, 0.5) is 10.1 Å². The number of fused-ring (bicyclic) bond motifs is 1. The van der Waals surface area contributed by atoms with E-state index in [9.17, 15) is 18.8 Å². The molecule has 3 aromatic rings. The quantitative estimate of drug-likeness (QED) is 0.429. The molecule has 1 aliphatic carbocycles. The second-order valence-electron chi connectivity index (χ2n) is 7.34. The number of benzene rings is 2. The summed E-state index contributed by atoms with van der Waals surface area (Å²) in [5, 5.41) is 1.05. The summed E-state index contributed by atoms with van der Waals surface area (Å²) in [6, 6.07) is 12.7. The molecule has 4 rings (SSSR count). The number of carbonyl (C=O) groups excluding carboxylic acids is 2. The number of primary amides is 1. The van der Waals surface area contributed by atoms with E-state index in [4.69, 9.17) is 5.73 Å². The monoisotopic (exact) mass is 440 g/mol. The summed E-state index contributed by atoms with van der Waals surface area (Å²) >= 11 is 1.18. The molecule has 1 fully saturated rings. The number of anilines is 1. The van der Waals surface area contributed by atoms with E-state index in [-0.39, 0.29) is 36.2 Å². The number of nitrogens with zero attached hydrogens (tertiary/aromatic N) is 3. The lowest BCUT2D eigenvalue weighted by atomic mass is 10.2. The van der Waals surface area contributed by atoms with Crippen LogP contribution in [0.3, 0.4) is 0 Å². The molecule has 1 saturated carbocycles. The summed E-state index contributed by atoms with van der Waals surface area (Å²) in [6.45, 7) is 0.0843. The maximum absolute atomic E-state index is 13.3. The van der Waals surface area contributed by atoms with Gasteiger partial charge in [-0.3, -0.25) is 19.0 Å². The van der Waals surface area contributed by atoms with Gasteiger partial charge in [0, 0.05) is 24.7 Å². The number of rotatable bonds is 8. The fourth-order valence-electron chi connectivity index (χ4n) is 3.33. The van der Waals surface area contributed by atoms with Gasteiger partial charge < -0.3 is 10.6 Å². The summed E-state index contributed by atoms with van der Waals surface area (Å²) in [4.78, 5) is 43.2. The smallest absolute Gasteiger partial charge is 0.262 e. The second-order valence-corrected chi connectivity index (χ2v) is 8.29. The van der Waals surface area contributed by atoms with Crippen molar-refractivity contribution in [1.82, 2.24) is 9.55 Å². The number of amides is 2. The molecule has 2 amide bonds. The van der Waals surface area contributed by atoms with Crippen LogP contribution in [0.1, 0.15) is 25.3 Å². The van der Waals surface area contributed by atoms with Crippen molar-refractivity contribution >= 4 is 40.2 Å². The maximum Gasteiger partial charge on any atom is 0.262 e. The minimum absolute atomic E-state index is 0.00758. The molecule has 2 N–H and O–H groups in total. The first-order valence-corrected chi connectivity index (χ1v) is 10.9. The van der Waals surface area contributed by atoms with E-state index in [0.29, 0.717) is 21.7 Å². The summed E-state index contributed by atoms with van der Waals surface area (Å²) in [7, 11) is 0. The van der Waals surface area contributed by atoms with Crippen LogP contribution in [-0.4, -0.2) is 33.7 Å². The number of aromatic nitrogens is 2. The van der Waals surface area contributed by atoms with Crippen LogP contribution < -0.4 is 16.2 Å². The normalized spacial score (nSPS) is 13.3. The third-order valence-corrected chi connectivity index (χ3v) is 5.97. The number of para-hydroxylation sites is 1. The largest absolute Gasteiger partial charge is 0.370 e. The Morgan fingerprint density at radius 2 is 1.87 bits per heavy atom. The lowest BCUT2D eigenvalue weighted by Gasteiger charge is -2.22. The molecule has 2 aromatic carbocycles. The van der Waals surface area contributed by atoms with Gasteiger partial charge in [-0.15, -0.1) is 0 Å². The number of hydrogen-bond acceptors (Lipinski definition) is 5. The Balaban J connectivity index is 1.59. The molecule has 0 spiro atoms. The summed E-state index contributed by atoms with van der Waals surface area (Å²) in [5.74, 6) is -1.24. The predicted molar refractivity (Wildman–Crippen MR) is 118 cm³/mol. The van der Waals surface area contributed by atoms with Gasteiger partial charge in [-0.2, -0.15) is 0 Å². The molecule has 0 bridgehead atoms. The van der Waals surface area contributed by atoms with Gasteiger partial charge in [0.25, 0.3) is 5.56 Å². The number of hydrogen-bond donors (Lipinski definition) is 1. The number of nitrogens with two attached hydrogens (primary N) is 1. The van der Waals surface area contributed by atoms with E-state index in [1.54, 1.807) is 22.8 Å². The molecular weight excluding hydrogens is 419 g/mol. The van der Waals surface area contributed by atoms with Crippen LogP contribution in [0.2, 0.25) is 0 Å². The van der Waals surface area contributed by atoms with E-state index < -0.39 is 11.7 Å². The van der Waals surface area contributed by atoms with E-state index in [1.165, 1.54) is 40.9 Å². The molecule has 0 saturated heterocycles. The molecule has 1 aliphatic rings. The van der Waals surface area contributed by atoms with Crippen LogP contribution in [0.5, 0.6) is 0 Å². The summed E-state index contributed by atoms with van der Waals surface area (Å²) in [6.07, 6.45) is 1.79. The Labute approximate surface area is 182 Å². The first kappa shape index (κ1) is 21.0. The summed E-state index contributed by atoms with van der Waals surface area (Å²) < 4.78 is 15.0. The number of thioether (sulfide) groups is 1. The molecule has 0 radical (unpaired) electrons. The second kappa shape index (κ2) is 8.89. The molecule has 9 heteroatoms. The highest BCUT2D eigenvalue weighted by Gasteiger charge is 2.29. The van der Waals surface area contributed by atoms with E-state index in [1.807, 2.05) is 6.07 Å². The minimum atomic E-state index is -0.536. The van der Waals surface area contributed by atoms with Gasteiger partial charge in [-0.05, 0) is 49.2 Å². The average Bonchev–Trinajstić information content (AvgIpc) is 3.58.